The summed E-state index contributed by atoms with van der Waals surface area (Å²) in [7, 11) is 2.06. The smallest absolute Gasteiger partial charge is 0.0538 e. The largest absolute Gasteiger partial charge is 0.381 e. The van der Waals surface area contributed by atoms with Gasteiger partial charge in [-0.15, -0.1) is 0 Å². The Bertz CT molecular complexity index is 157. The Morgan fingerprint density at radius 2 is 2.15 bits per heavy atom. The van der Waals surface area contributed by atoms with Gasteiger partial charge in [0, 0.05) is 18.6 Å². The van der Waals surface area contributed by atoms with Gasteiger partial charge in [-0.05, 0) is 32.2 Å². The third-order valence-corrected chi connectivity index (χ3v) is 3.88. The summed E-state index contributed by atoms with van der Waals surface area (Å²) in [5, 5.41) is 3.35. The first kappa shape index (κ1) is 9.47. The van der Waals surface area contributed by atoms with Gasteiger partial charge in [-0.25, -0.2) is 0 Å². The van der Waals surface area contributed by atoms with E-state index in [2.05, 4.69) is 12.4 Å². The molecule has 0 aromatic carbocycles. The Kier molecular flexibility index (Phi) is 2.89. The van der Waals surface area contributed by atoms with Gasteiger partial charge in [0.25, 0.3) is 0 Å². The minimum absolute atomic E-state index is 0.491. The van der Waals surface area contributed by atoms with Crippen LogP contribution in [0.25, 0.3) is 0 Å². The van der Waals surface area contributed by atoms with Crippen molar-refractivity contribution in [1.82, 2.24) is 5.32 Å². The Hall–Kier alpha value is -0.0800. The molecule has 1 atom stereocenters. The second-order valence-corrected chi connectivity index (χ2v) is 4.68. The summed E-state index contributed by atoms with van der Waals surface area (Å²) in [5.41, 5.74) is 0.491. The Morgan fingerprint density at radius 3 is 2.69 bits per heavy atom. The maximum Gasteiger partial charge on any atom is 0.0538 e. The second kappa shape index (κ2) is 3.97. The molecule has 0 radical (unpaired) electrons. The fourth-order valence-corrected chi connectivity index (χ4v) is 3.12. The molecular formula is C11H21NO. The van der Waals surface area contributed by atoms with Gasteiger partial charge >= 0.3 is 0 Å². The van der Waals surface area contributed by atoms with Crippen LogP contribution in [0.2, 0.25) is 0 Å². The standard InChI is InChI=1S/C11H21NO/c1-12-8-11(6-7-13-9-11)10-4-2-3-5-10/h10,12H,2-9H2,1H3. The van der Waals surface area contributed by atoms with Gasteiger partial charge in [-0.3, -0.25) is 0 Å². The molecule has 1 heterocycles. The Labute approximate surface area is 81.0 Å². The van der Waals surface area contributed by atoms with Crippen LogP contribution in [0, 0.1) is 11.3 Å². The summed E-state index contributed by atoms with van der Waals surface area (Å²) in [5.74, 6) is 0.933. The number of hydrogen-bond acceptors (Lipinski definition) is 2. The predicted molar refractivity (Wildman–Crippen MR) is 53.8 cm³/mol. The highest BCUT2D eigenvalue weighted by atomic mass is 16.5. The molecule has 76 valence electrons. The zero-order valence-electron chi connectivity index (χ0n) is 8.64. The molecule has 1 saturated heterocycles. The number of rotatable bonds is 3. The monoisotopic (exact) mass is 183 g/mol. The molecule has 0 aromatic rings. The van der Waals surface area contributed by atoms with Crippen molar-refractivity contribution in [2.24, 2.45) is 11.3 Å². The van der Waals surface area contributed by atoms with Crippen LogP contribution >= 0.6 is 0 Å². The van der Waals surface area contributed by atoms with Crippen LogP contribution in [0.1, 0.15) is 32.1 Å². The first-order valence-electron chi connectivity index (χ1n) is 5.60. The van der Waals surface area contributed by atoms with Crippen LogP contribution in [0.3, 0.4) is 0 Å². The van der Waals surface area contributed by atoms with Gasteiger partial charge in [0.1, 0.15) is 0 Å². The lowest BCUT2D eigenvalue weighted by Crippen LogP contribution is -2.39. The number of hydrogen-bond donors (Lipinski definition) is 1. The molecule has 1 saturated carbocycles. The molecule has 2 fully saturated rings. The Morgan fingerprint density at radius 1 is 1.38 bits per heavy atom. The van der Waals surface area contributed by atoms with Crippen LogP contribution in [0.15, 0.2) is 0 Å². The van der Waals surface area contributed by atoms with E-state index in [-0.39, 0.29) is 0 Å². The number of ether oxygens (including phenoxy) is 1. The van der Waals surface area contributed by atoms with Crippen molar-refractivity contribution >= 4 is 0 Å². The van der Waals surface area contributed by atoms with E-state index in [0.717, 1.165) is 25.7 Å². The molecule has 1 unspecified atom stereocenters. The molecule has 0 amide bonds. The zero-order valence-corrected chi connectivity index (χ0v) is 8.64. The van der Waals surface area contributed by atoms with Crippen molar-refractivity contribution < 1.29 is 4.74 Å². The van der Waals surface area contributed by atoms with Gasteiger partial charge < -0.3 is 10.1 Å². The first-order valence-corrected chi connectivity index (χ1v) is 5.60. The highest BCUT2D eigenvalue weighted by molar-refractivity contribution is 4.93. The van der Waals surface area contributed by atoms with E-state index < -0.39 is 0 Å². The molecule has 2 nitrogen and oxygen atoms in total. The maximum atomic E-state index is 5.59. The summed E-state index contributed by atoms with van der Waals surface area (Å²) >= 11 is 0. The maximum absolute atomic E-state index is 5.59. The van der Waals surface area contributed by atoms with Gasteiger partial charge in [-0.2, -0.15) is 0 Å². The third-order valence-electron chi connectivity index (χ3n) is 3.88. The molecular weight excluding hydrogens is 162 g/mol. The lowest BCUT2D eigenvalue weighted by Gasteiger charge is -2.33. The van der Waals surface area contributed by atoms with E-state index in [1.165, 1.54) is 32.1 Å². The minimum atomic E-state index is 0.491. The van der Waals surface area contributed by atoms with Crippen molar-refractivity contribution in [2.45, 2.75) is 32.1 Å². The highest BCUT2D eigenvalue weighted by Crippen LogP contribution is 2.44. The molecule has 0 aromatic heterocycles. The summed E-state index contributed by atoms with van der Waals surface area (Å²) in [4.78, 5) is 0. The van der Waals surface area contributed by atoms with Gasteiger partial charge in [0.2, 0.25) is 0 Å². The molecule has 2 heteroatoms. The first-order chi connectivity index (χ1) is 6.37. The zero-order chi connectivity index (χ0) is 9.15. The van der Waals surface area contributed by atoms with Crippen molar-refractivity contribution in [3.05, 3.63) is 0 Å². The Balaban J connectivity index is 2.02. The summed E-state index contributed by atoms with van der Waals surface area (Å²) in [6.45, 7) is 3.13. The lowest BCUT2D eigenvalue weighted by atomic mass is 9.73. The molecule has 2 aliphatic rings. The van der Waals surface area contributed by atoms with Crippen LogP contribution in [0.4, 0.5) is 0 Å². The van der Waals surface area contributed by atoms with Crippen LogP contribution in [-0.4, -0.2) is 26.8 Å². The average Bonchev–Trinajstić information content (AvgIpc) is 2.73. The fraction of sp³-hybridized carbons (Fsp3) is 1.00. The molecule has 1 aliphatic carbocycles. The molecule has 0 bridgehead atoms. The SMILES string of the molecule is CNCC1(C2CCCC2)CCOC1. The molecule has 0 spiro atoms. The quantitative estimate of drug-likeness (QED) is 0.720. The average molecular weight is 183 g/mol. The van der Waals surface area contributed by atoms with Crippen LogP contribution < -0.4 is 5.32 Å². The summed E-state index contributed by atoms with van der Waals surface area (Å²) in [6.07, 6.45) is 7.03. The third kappa shape index (κ3) is 1.75. The molecule has 1 aliphatic heterocycles. The van der Waals surface area contributed by atoms with Crippen LogP contribution in [0.5, 0.6) is 0 Å². The van der Waals surface area contributed by atoms with Crippen molar-refractivity contribution in [1.29, 1.82) is 0 Å². The lowest BCUT2D eigenvalue weighted by molar-refractivity contribution is 0.107. The minimum Gasteiger partial charge on any atom is -0.381 e. The van der Waals surface area contributed by atoms with E-state index in [4.69, 9.17) is 4.74 Å². The van der Waals surface area contributed by atoms with Gasteiger partial charge in [0.15, 0.2) is 0 Å². The molecule has 13 heavy (non-hydrogen) atoms. The summed E-state index contributed by atoms with van der Waals surface area (Å²) < 4.78 is 5.59. The van der Waals surface area contributed by atoms with E-state index in [1.54, 1.807) is 0 Å². The fourth-order valence-electron chi connectivity index (χ4n) is 3.12. The highest BCUT2D eigenvalue weighted by Gasteiger charge is 2.42. The topological polar surface area (TPSA) is 21.3 Å². The van der Waals surface area contributed by atoms with E-state index in [9.17, 15) is 0 Å². The predicted octanol–water partition coefficient (Wildman–Crippen LogP) is 1.80. The molecule has 2 rings (SSSR count). The van der Waals surface area contributed by atoms with Gasteiger partial charge in [-0.1, -0.05) is 12.8 Å². The normalized spacial score (nSPS) is 35.8. The second-order valence-electron chi connectivity index (χ2n) is 4.68. The van der Waals surface area contributed by atoms with E-state index >= 15 is 0 Å². The number of nitrogens with one attached hydrogen (secondary N) is 1. The summed E-state index contributed by atoms with van der Waals surface area (Å²) in [6, 6.07) is 0. The van der Waals surface area contributed by atoms with Crippen molar-refractivity contribution in [3.8, 4) is 0 Å². The van der Waals surface area contributed by atoms with Crippen molar-refractivity contribution in [3.63, 3.8) is 0 Å². The van der Waals surface area contributed by atoms with Gasteiger partial charge in [0.05, 0.1) is 6.61 Å². The van der Waals surface area contributed by atoms with Crippen LogP contribution in [-0.2, 0) is 4.74 Å². The van der Waals surface area contributed by atoms with E-state index in [0.29, 0.717) is 5.41 Å². The molecule has 1 N–H and O–H groups in total. The van der Waals surface area contributed by atoms with Crippen molar-refractivity contribution in [2.75, 3.05) is 26.8 Å². The van der Waals surface area contributed by atoms with E-state index in [1.807, 2.05) is 0 Å².